The number of carbonyl (C=O) groups is 1. The minimum Gasteiger partial charge on any atom is -0.377 e. The monoisotopic (exact) mass is 502 g/mol. The van der Waals surface area contributed by atoms with E-state index in [1.807, 2.05) is 4.90 Å². The molecule has 10 heteroatoms. The summed E-state index contributed by atoms with van der Waals surface area (Å²) >= 11 is 0. The van der Waals surface area contributed by atoms with Crippen molar-refractivity contribution in [1.29, 1.82) is 0 Å². The molecule has 3 aliphatic rings. The molecular weight excluding hydrogens is 469 g/mol. The SMILES string of the molecule is N[C@H](Cc1cc(F)c(F)cc1F)C1C[C@H]2CC[C@@H](C1)N2C(=O)CCS(=O)(=O)CC1CCCCO1. The smallest absolute Gasteiger partial charge is 0.224 e. The molecule has 0 aliphatic carbocycles. The summed E-state index contributed by atoms with van der Waals surface area (Å²) in [5.41, 5.74) is 6.38. The van der Waals surface area contributed by atoms with Gasteiger partial charge in [-0.2, -0.15) is 0 Å². The second-order valence-corrected chi connectivity index (χ2v) is 12.2. The third-order valence-electron chi connectivity index (χ3n) is 7.55. The Labute approximate surface area is 198 Å². The molecule has 3 heterocycles. The van der Waals surface area contributed by atoms with Gasteiger partial charge in [0, 0.05) is 37.2 Å². The number of ether oxygens (including phenoxy) is 1. The van der Waals surface area contributed by atoms with Gasteiger partial charge in [-0.25, -0.2) is 21.6 Å². The molecule has 0 radical (unpaired) electrons. The topological polar surface area (TPSA) is 89.7 Å². The number of carbonyl (C=O) groups excluding carboxylic acids is 1. The minimum absolute atomic E-state index is 0.0150. The Balaban J connectivity index is 1.31. The van der Waals surface area contributed by atoms with Gasteiger partial charge in [0.05, 0.1) is 17.6 Å². The summed E-state index contributed by atoms with van der Waals surface area (Å²) in [6.45, 7) is 0.586. The van der Waals surface area contributed by atoms with Crippen LogP contribution in [0.4, 0.5) is 13.2 Å². The molecule has 0 aromatic heterocycles. The van der Waals surface area contributed by atoms with Crippen LogP contribution in [0, 0.1) is 23.4 Å². The number of benzene rings is 1. The number of nitrogens with two attached hydrogens (primary N) is 1. The van der Waals surface area contributed by atoms with Gasteiger partial charge in [0.2, 0.25) is 5.91 Å². The van der Waals surface area contributed by atoms with Gasteiger partial charge in [-0.05, 0) is 68.9 Å². The highest BCUT2D eigenvalue weighted by Crippen LogP contribution is 2.40. The van der Waals surface area contributed by atoms with Gasteiger partial charge in [-0.1, -0.05) is 0 Å². The normalized spacial score (nSPS) is 28.2. The lowest BCUT2D eigenvalue weighted by Gasteiger charge is -2.41. The van der Waals surface area contributed by atoms with E-state index in [1.165, 1.54) is 0 Å². The second kappa shape index (κ2) is 10.5. The number of hydrogen-bond acceptors (Lipinski definition) is 5. The molecule has 3 aliphatic heterocycles. The van der Waals surface area contributed by atoms with Crippen molar-refractivity contribution in [2.24, 2.45) is 11.7 Å². The van der Waals surface area contributed by atoms with Crippen molar-refractivity contribution in [3.8, 4) is 0 Å². The molecule has 34 heavy (non-hydrogen) atoms. The standard InChI is InChI=1S/C24H33F3N2O4S/c25-20-13-22(27)21(26)11-15(20)12-23(28)16-9-17-4-5-18(10-16)29(17)24(30)6-8-34(31,32)14-19-3-1-2-7-33-19/h11,13,16-19,23H,1-10,12,14,28H2/t16?,17-,18+,19?,23-/m1/s1. The van der Waals surface area contributed by atoms with Crippen molar-refractivity contribution in [2.75, 3.05) is 18.1 Å². The number of rotatable bonds is 8. The number of sulfone groups is 1. The van der Waals surface area contributed by atoms with Crippen LogP contribution < -0.4 is 5.73 Å². The first-order chi connectivity index (χ1) is 16.1. The van der Waals surface area contributed by atoms with E-state index >= 15 is 0 Å². The molecule has 3 saturated heterocycles. The van der Waals surface area contributed by atoms with Crippen LogP contribution in [0.2, 0.25) is 0 Å². The molecule has 190 valence electrons. The average molecular weight is 503 g/mol. The van der Waals surface area contributed by atoms with Crippen LogP contribution in [0.1, 0.15) is 56.9 Å². The van der Waals surface area contributed by atoms with Crippen LogP contribution in [-0.4, -0.2) is 61.6 Å². The van der Waals surface area contributed by atoms with Gasteiger partial charge in [0.25, 0.3) is 0 Å². The van der Waals surface area contributed by atoms with E-state index in [1.54, 1.807) is 0 Å². The van der Waals surface area contributed by atoms with Crippen LogP contribution in [0.5, 0.6) is 0 Å². The maximum atomic E-state index is 14.0. The third kappa shape index (κ3) is 5.94. The Morgan fingerprint density at radius 3 is 2.38 bits per heavy atom. The van der Waals surface area contributed by atoms with E-state index in [2.05, 4.69) is 0 Å². The van der Waals surface area contributed by atoms with Crippen LogP contribution >= 0.6 is 0 Å². The van der Waals surface area contributed by atoms with Gasteiger partial charge in [0.1, 0.15) is 5.82 Å². The Morgan fingerprint density at radius 2 is 1.74 bits per heavy atom. The highest BCUT2D eigenvalue weighted by molar-refractivity contribution is 7.91. The first-order valence-electron chi connectivity index (χ1n) is 12.1. The molecule has 0 spiro atoms. The van der Waals surface area contributed by atoms with Gasteiger partial charge < -0.3 is 15.4 Å². The summed E-state index contributed by atoms with van der Waals surface area (Å²) in [5.74, 6) is -3.50. The number of nitrogens with zero attached hydrogens (tertiary/aromatic N) is 1. The number of halogens is 3. The molecule has 3 fully saturated rings. The van der Waals surface area contributed by atoms with Crippen molar-refractivity contribution in [3.05, 3.63) is 35.1 Å². The van der Waals surface area contributed by atoms with Crippen LogP contribution in [0.15, 0.2) is 12.1 Å². The maximum Gasteiger partial charge on any atom is 0.224 e. The van der Waals surface area contributed by atoms with E-state index in [0.717, 1.165) is 38.2 Å². The average Bonchev–Trinajstić information content (AvgIpc) is 3.05. The minimum atomic E-state index is -3.38. The lowest BCUT2D eigenvalue weighted by molar-refractivity contribution is -0.136. The fraction of sp³-hybridized carbons (Fsp3) is 0.708. The number of piperidine rings is 1. The summed E-state index contributed by atoms with van der Waals surface area (Å²) in [6.07, 6.45) is 5.33. The van der Waals surface area contributed by atoms with Crippen LogP contribution in [0.3, 0.4) is 0 Å². The second-order valence-electron chi connectivity index (χ2n) is 10.00. The molecule has 2 bridgehead atoms. The van der Waals surface area contributed by atoms with Crippen molar-refractivity contribution >= 4 is 15.7 Å². The third-order valence-corrected chi connectivity index (χ3v) is 9.25. The van der Waals surface area contributed by atoms with Crippen molar-refractivity contribution in [2.45, 2.75) is 82.0 Å². The molecule has 2 unspecified atom stereocenters. The largest absolute Gasteiger partial charge is 0.377 e. The number of hydrogen-bond donors (Lipinski definition) is 1. The summed E-state index contributed by atoms with van der Waals surface area (Å²) in [7, 11) is -3.38. The molecule has 5 atom stereocenters. The summed E-state index contributed by atoms with van der Waals surface area (Å²) < 4.78 is 71.3. The van der Waals surface area contributed by atoms with Crippen molar-refractivity contribution in [3.63, 3.8) is 0 Å². The zero-order valence-electron chi connectivity index (χ0n) is 19.2. The molecule has 1 aromatic carbocycles. The van der Waals surface area contributed by atoms with E-state index in [4.69, 9.17) is 10.5 Å². The number of amides is 1. The first-order valence-corrected chi connectivity index (χ1v) is 14.0. The van der Waals surface area contributed by atoms with E-state index in [0.29, 0.717) is 25.5 Å². The fourth-order valence-corrected chi connectivity index (χ4v) is 7.28. The molecule has 0 saturated carbocycles. The molecule has 6 nitrogen and oxygen atoms in total. The predicted molar refractivity (Wildman–Crippen MR) is 121 cm³/mol. The van der Waals surface area contributed by atoms with Crippen molar-refractivity contribution < 1.29 is 31.1 Å². The fourth-order valence-electron chi connectivity index (χ4n) is 5.79. The van der Waals surface area contributed by atoms with Gasteiger partial charge in [-0.3, -0.25) is 4.79 Å². The highest BCUT2D eigenvalue weighted by Gasteiger charge is 2.44. The van der Waals surface area contributed by atoms with E-state index < -0.39 is 33.3 Å². The lowest BCUT2D eigenvalue weighted by atomic mass is 9.82. The Hall–Kier alpha value is -1.65. The zero-order chi connectivity index (χ0) is 24.5. The van der Waals surface area contributed by atoms with Crippen LogP contribution in [-0.2, 0) is 25.8 Å². The van der Waals surface area contributed by atoms with Crippen LogP contribution in [0.25, 0.3) is 0 Å². The Bertz CT molecular complexity index is 986. The molecule has 1 aromatic rings. The van der Waals surface area contributed by atoms with Gasteiger partial charge in [-0.15, -0.1) is 0 Å². The molecule has 1 amide bonds. The van der Waals surface area contributed by atoms with Crippen molar-refractivity contribution in [1.82, 2.24) is 4.90 Å². The highest BCUT2D eigenvalue weighted by atomic mass is 32.2. The lowest BCUT2D eigenvalue weighted by Crippen LogP contribution is -2.50. The summed E-state index contributed by atoms with van der Waals surface area (Å²) in [5, 5.41) is 0. The molecule has 4 rings (SSSR count). The quantitative estimate of drug-likeness (QED) is 0.552. The molecule has 2 N–H and O–H groups in total. The van der Waals surface area contributed by atoms with Gasteiger partial charge >= 0.3 is 0 Å². The van der Waals surface area contributed by atoms with Gasteiger partial charge in [0.15, 0.2) is 21.5 Å². The summed E-state index contributed by atoms with van der Waals surface area (Å²) in [4.78, 5) is 14.8. The Kier molecular flexibility index (Phi) is 7.89. The predicted octanol–water partition coefficient (Wildman–Crippen LogP) is 3.12. The van der Waals surface area contributed by atoms with E-state index in [-0.39, 0.29) is 59.9 Å². The zero-order valence-corrected chi connectivity index (χ0v) is 20.0. The summed E-state index contributed by atoms with van der Waals surface area (Å²) in [6, 6.07) is 0.895. The van der Waals surface area contributed by atoms with E-state index in [9.17, 15) is 26.4 Å². The number of fused-ring (bicyclic) bond motifs is 2. The Morgan fingerprint density at radius 1 is 1.06 bits per heavy atom. The first kappa shape index (κ1) is 25.4. The molecular formula is C24H33F3N2O4S. The maximum absolute atomic E-state index is 14.0.